The summed E-state index contributed by atoms with van der Waals surface area (Å²) in [6.45, 7) is 2.00. The first kappa shape index (κ1) is 19.4. The third-order valence-corrected chi connectivity index (χ3v) is 7.09. The maximum atomic E-state index is 10.2. The fourth-order valence-corrected chi connectivity index (χ4v) is 3.03. The molecule has 6 radical (unpaired) electrons. The van der Waals surface area contributed by atoms with Gasteiger partial charge < -0.3 is 19.8 Å². The summed E-state index contributed by atoms with van der Waals surface area (Å²) >= 11 is 0. The summed E-state index contributed by atoms with van der Waals surface area (Å²) in [4.78, 5) is 18.9. The van der Waals surface area contributed by atoms with Gasteiger partial charge in [-0.1, -0.05) is 19.1 Å². The summed E-state index contributed by atoms with van der Waals surface area (Å²) in [7, 11) is 2.91. The predicted octanol–water partition coefficient (Wildman–Crippen LogP) is -3.97. The van der Waals surface area contributed by atoms with Crippen LogP contribution in [0.3, 0.4) is 0 Å². The van der Waals surface area contributed by atoms with E-state index in [-0.39, 0.29) is 40.9 Å². The fraction of sp³-hybridized carbons (Fsp3) is 0.222. The molecule has 1 aromatic rings. The first-order chi connectivity index (χ1) is 7.52. The number of carboxylic acids is 1. The molecule has 1 aromatic carbocycles. The molecule has 2 N–H and O–H groups in total. The third kappa shape index (κ3) is 8.77. The van der Waals surface area contributed by atoms with Crippen molar-refractivity contribution in [2.24, 2.45) is 0 Å². The number of phenols is 1. The molecule has 0 spiro atoms. The van der Waals surface area contributed by atoms with Crippen LogP contribution in [0.2, 0.25) is 6.04 Å². The molecule has 0 aliphatic carbocycles. The minimum atomic E-state index is -1.36. The summed E-state index contributed by atoms with van der Waals surface area (Å²) in [5.74, 6) is -1.62. The summed E-state index contributed by atoms with van der Waals surface area (Å²) in [6, 6.07) is 6.59. The number of aromatic hydroxyl groups is 1. The number of hydrogen-bond acceptors (Lipinski definition) is 4. The molecule has 0 fully saturated rings. The Labute approximate surface area is 130 Å². The average molecular weight is 290 g/mol. The molecule has 0 bridgehead atoms. The Bertz CT molecular complexity index is 334. The minimum absolute atomic E-state index is 0. The zero-order chi connectivity index (χ0) is 12.6. The summed E-state index contributed by atoms with van der Waals surface area (Å²) < 4.78 is 0. The SMILES string of the molecule is CC[Si](O)[Si][Si].O=C([O-])c1ccccc1O.[Na+]. The van der Waals surface area contributed by atoms with Gasteiger partial charge in [0, 0.05) is 23.9 Å². The first-order valence-corrected chi connectivity index (χ1v) is 9.65. The van der Waals surface area contributed by atoms with Crippen molar-refractivity contribution in [2.75, 3.05) is 0 Å². The number of carbonyl (C=O) groups is 1. The van der Waals surface area contributed by atoms with Gasteiger partial charge >= 0.3 is 29.6 Å². The Morgan fingerprint density at radius 3 is 2.29 bits per heavy atom. The van der Waals surface area contributed by atoms with Crippen LogP contribution < -0.4 is 34.7 Å². The van der Waals surface area contributed by atoms with Crippen LogP contribution in [-0.2, 0) is 0 Å². The van der Waals surface area contributed by atoms with Gasteiger partial charge in [0.25, 0.3) is 0 Å². The van der Waals surface area contributed by atoms with Gasteiger partial charge in [-0.05, 0) is 18.2 Å². The molecule has 0 amide bonds. The van der Waals surface area contributed by atoms with Crippen LogP contribution in [0.15, 0.2) is 24.3 Å². The molecular weight excluding hydrogens is 279 g/mol. The van der Waals surface area contributed by atoms with E-state index in [1.165, 1.54) is 18.2 Å². The summed E-state index contributed by atoms with van der Waals surface area (Å²) in [5.41, 5.74) is -0.178. The molecule has 0 saturated carbocycles. The number of benzene rings is 1. The number of carbonyl (C=O) groups excluding carboxylic acids is 1. The maximum absolute atomic E-state index is 10.2. The van der Waals surface area contributed by atoms with Crippen molar-refractivity contribution in [1.29, 1.82) is 0 Å². The Morgan fingerprint density at radius 1 is 1.53 bits per heavy atom. The molecule has 8 heteroatoms. The van der Waals surface area contributed by atoms with Crippen molar-refractivity contribution >= 4 is 32.8 Å². The van der Waals surface area contributed by atoms with Gasteiger partial charge in [-0.3, -0.25) is 0 Å². The van der Waals surface area contributed by atoms with E-state index in [9.17, 15) is 9.90 Å². The van der Waals surface area contributed by atoms with Crippen molar-refractivity contribution in [3.63, 3.8) is 0 Å². The molecule has 0 unspecified atom stereocenters. The van der Waals surface area contributed by atoms with Crippen LogP contribution in [0.5, 0.6) is 5.75 Å². The van der Waals surface area contributed by atoms with Gasteiger partial charge in [-0.25, -0.2) is 0 Å². The average Bonchev–Trinajstić information content (AvgIpc) is 2.29. The first-order valence-electron chi connectivity index (χ1n) is 4.49. The van der Waals surface area contributed by atoms with Crippen molar-refractivity contribution in [3.8, 4) is 5.75 Å². The van der Waals surface area contributed by atoms with E-state index in [0.29, 0.717) is 8.55 Å². The predicted molar refractivity (Wildman–Crippen MR) is 62.4 cm³/mol. The zero-order valence-corrected chi connectivity index (χ0v) is 14.7. The quantitative estimate of drug-likeness (QED) is 0.557. The van der Waals surface area contributed by atoms with E-state index in [0.717, 1.165) is 6.04 Å². The monoisotopic (exact) mass is 290 g/mol. The summed E-state index contributed by atoms with van der Waals surface area (Å²) in [5, 5.41) is 19.0. The van der Waals surface area contributed by atoms with Crippen LogP contribution in [0.1, 0.15) is 17.3 Å². The third-order valence-electron chi connectivity index (χ3n) is 1.60. The molecular formula is C9H11NaO4Si3. The number of rotatable bonds is 3. The zero-order valence-electron chi connectivity index (χ0n) is 9.73. The van der Waals surface area contributed by atoms with Crippen LogP contribution in [0, 0.1) is 0 Å². The smallest absolute Gasteiger partial charge is 0.545 e. The van der Waals surface area contributed by atoms with Crippen LogP contribution in [0.25, 0.3) is 0 Å². The van der Waals surface area contributed by atoms with Gasteiger partial charge in [0.1, 0.15) is 5.75 Å². The molecule has 0 saturated heterocycles. The Morgan fingerprint density at radius 2 is 2.06 bits per heavy atom. The van der Waals surface area contributed by atoms with E-state index in [1.807, 2.05) is 6.92 Å². The van der Waals surface area contributed by atoms with Gasteiger partial charge in [0.15, 0.2) is 8.56 Å². The second-order valence-electron chi connectivity index (χ2n) is 2.73. The minimum Gasteiger partial charge on any atom is -0.545 e. The van der Waals surface area contributed by atoms with E-state index in [1.54, 1.807) is 6.07 Å². The van der Waals surface area contributed by atoms with E-state index in [4.69, 9.17) is 9.90 Å². The van der Waals surface area contributed by atoms with Gasteiger partial charge in [-0.2, -0.15) is 0 Å². The molecule has 0 heterocycles. The second kappa shape index (κ2) is 11.2. The van der Waals surface area contributed by atoms with Crippen molar-refractivity contribution in [1.82, 2.24) is 0 Å². The summed E-state index contributed by atoms with van der Waals surface area (Å²) in [6.07, 6.45) is 0. The van der Waals surface area contributed by atoms with Crippen molar-refractivity contribution < 1.29 is 49.4 Å². The number of hydrogen-bond donors (Lipinski definition) is 2. The van der Waals surface area contributed by atoms with Gasteiger partial charge in [0.05, 0.1) is 5.97 Å². The Hall–Kier alpha value is 0.101. The Kier molecular flexibility index (Phi) is 12.8. The largest absolute Gasteiger partial charge is 1.00 e. The van der Waals surface area contributed by atoms with Gasteiger partial charge in [-0.15, -0.1) is 0 Å². The fourth-order valence-electron chi connectivity index (χ4n) is 0.735. The molecule has 1 rings (SSSR count). The molecule has 0 aliphatic heterocycles. The molecule has 0 aromatic heterocycles. The number of para-hydroxylation sites is 1. The van der Waals surface area contributed by atoms with E-state index in [2.05, 4.69) is 9.76 Å². The van der Waals surface area contributed by atoms with E-state index < -0.39 is 14.5 Å². The van der Waals surface area contributed by atoms with Gasteiger partial charge in [0.2, 0.25) is 0 Å². The molecule has 4 nitrogen and oxygen atoms in total. The van der Waals surface area contributed by atoms with Crippen LogP contribution in [0.4, 0.5) is 0 Å². The Balaban J connectivity index is 0. The number of carboxylic acid groups (broad SMARTS) is 1. The van der Waals surface area contributed by atoms with Crippen molar-refractivity contribution in [3.05, 3.63) is 29.8 Å². The maximum Gasteiger partial charge on any atom is 1.00 e. The normalized spacial score (nSPS) is 8.94. The second-order valence-corrected chi connectivity index (χ2v) is 9.31. The molecule has 0 atom stereocenters. The van der Waals surface area contributed by atoms with Crippen molar-refractivity contribution in [2.45, 2.75) is 13.0 Å². The van der Waals surface area contributed by atoms with Crippen LogP contribution >= 0.6 is 0 Å². The van der Waals surface area contributed by atoms with E-state index >= 15 is 0 Å². The topological polar surface area (TPSA) is 80.6 Å². The molecule has 0 aliphatic rings. The number of aromatic carboxylic acids is 1. The molecule has 17 heavy (non-hydrogen) atoms. The van der Waals surface area contributed by atoms with Crippen LogP contribution in [-0.4, -0.2) is 42.7 Å². The molecule has 84 valence electrons. The standard InChI is InChI=1S/C7H6O3.C2H6OSi3.Na/c8-6-4-2-1-3-5(6)7(9)10;1-2-6(3)5-4;/h1-4,8H,(H,9,10);3H,2H2,1H3;/q;;+1/p-1.